The van der Waals surface area contributed by atoms with Crippen LogP contribution in [-0.2, 0) is 0 Å². The molecule has 2 fully saturated rings. The highest BCUT2D eigenvalue weighted by molar-refractivity contribution is 6.35. The minimum absolute atomic E-state index is 0.386. The maximum atomic E-state index is 6.23. The molecule has 1 aromatic rings. The van der Waals surface area contributed by atoms with E-state index in [-0.39, 0.29) is 0 Å². The molecule has 0 amide bonds. The molecule has 1 aromatic heterocycles. The van der Waals surface area contributed by atoms with Crippen molar-refractivity contribution in [1.29, 1.82) is 0 Å². The second-order valence-electron chi connectivity index (χ2n) is 4.99. The Hall–Kier alpha value is -1.03. The lowest BCUT2D eigenvalue weighted by Crippen LogP contribution is -2.43. The van der Waals surface area contributed by atoms with E-state index in [1.807, 2.05) is 0 Å². The Labute approximate surface area is 106 Å². The second kappa shape index (κ2) is 4.33. The van der Waals surface area contributed by atoms with Gasteiger partial charge in [0.05, 0.1) is 0 Å². The first kappa shape index (κ1) is 11.1. The average molecular weight is 253 g/mol. The average Bonchev–Trinajstić information content (AvgIpc) is 2.81. The SMILES string of the molecule is Nc1ncnc(N2CCCC3CCCC32)c1Cl. The van der Waals surface area contributed by atoms with E-state index < -0.39 is 0 Å². The van der Waals surface area contributed by atoms with Crippen LogP contribution in [0.3, 0.4) is 0 Å². The predicted octanol–water partition coefficient (Wildman–Crippen LogP) is 2.48. The largest absolute Gasteiger partial charge is 0.382 e. The van der Waals surface area contributed by atoms with Crippen LogP contribution >= 0.6 is 11.6 Å². The fourth-order valence-corrected chi connectivity index (χ4v) is 3.50. The number of nitrogen functional groups attached to an aromatic ring is 1. The number of fused-ring (bicyclic) bond motifs is 1. The van der Waals surface area contributed by atoms with Crippen molar-refractivity contribution in [1.82, 2.24) is 9.97 Å². The molecule has 1 saturated heterocycles. The number of aromatic nitrogens is 2. The van der Waals surface area contributed by atoms with Crippen molar-refractivity contribution in [3.8, 4) is 0 Å². The third kappa shape index (κ3) is 1.84. The summed E-state index contributed by atoms with van der Waals surface area (Å²) in [6.07, 6.45) is 8.00. The fraction of sp³-hybridized carbons (Fsp3) is 0.667. The third-order valence-corrected chi connectivity index (χ3v) is 4.43. The van der Waals surface area contributed by atoms with Crippen LogP contribution in [0.15, 0.2) is 6.33 Å². The summed E-state index contributed by atoms with van der Waals surface area (Å²) in [7, 11) is 0. The fourth-order valence-electron chi connectivity index (χ4n) is 3.29. The first-order valence-electron chi connectivity index (χ1n) is 6.30. The Morgan fingerprint density at radius 1 is 1.24 bits per heavy atom. The molecule has 0 radical (unpaired) electrons. The van der Waals surface area contributed by atoms with E-state index in [1.165, 1.54) is 38.4 Å². The maximum Gasteiger partial charge on any atom is 0.153 e. The molecule has 0 bridgehead atoms. The van der Waals surface area contributed by atoms with Gasteiger partial charge in [-0.3, -0.25) is 0 Å². The Morgan fingerprint density at radius 3 is 2.94 bits per heavy atom. The van der Waals surface area contributed by atoms with Gasteiger partial charge in [0.25, 0.3) is 0 Å². The smallest absolute Gasteiger partial charge is 0.153 e. The maximum absolute atomic E-state index is 6.23. The molecule has 2 unspecified atom stereocenters. The van der Waals surface area contributed by atoms with Gasteiger partial charge in [0, 0.05) is 12.6 Å². The number of nitrogens with zero attached hydrogens (tertiary/aromatic N) is 3. The van der Waals surface area contributed by atoms with Gasteiger partial charge in [-0.05, 0) is 31.6 Å². The molecule has 2 N–H and O–H groups in total. The number of hydrogen-bond donors (Lipinski definition) is 1. The molecule has 92 valence electrons. The molecule has 17 heavy (non-hydrogen) atoms. The summed E-state index contributed by atoms with van der Waals surface area (Å²) >= 11 is 6.23. The van der Waals surface area contributed by atoms with E-state index in [9.17, 15) is 0 Å². The van der Waals surface area contributed by atoms with E-state index in [4.69, 9.17) is 17.3 Å². The lowest BCUT2D eigenvalue weighted by atomic mass is 9.92. The van der Waals surface area contributed by atoms with Crippen LogP contribution in [0, 0.1) is 5.92 Å². The van der Waals surface area contributed by atoms with E-state index in [2.05, 4.69) is 14.9 Å². The molecule has 2 aliphatic rings. The van der Waals surface area contributed by atoms with Gasteiger partial charge in [0.1, 0.15) is 17.2 Å². The number of nitrogens with two attached hydrogens (primary N) is 1. The summed E-state index contributed by atoms with van der Waals surface area (Å²) in [5.74, 6) is 2.03. The van der Waals surface area contributed by atoms with Crippen molar-refractivity contribution < 1.29 is 0 Å². The molecular formula is C12H17ClN4. The zero-order valence-corrected chi connectivity index (χ0v) is 10.5. The molecule has 3 rings (SSSR count). The quantitative estimate of drug-likeness (QED) is 0.834. The zero-order chi connectivity index (χ0) is 11.8. The Kier molecular flexibility index (Phi) is 2.82. The lowest BCUT2D eigenvalue weighted by Gasteiger charge is -2.39. The highest BCUT2D eigenvalue weighted by Crippen LogP contribution is 2.40. The van der Waals surface area contributed by atoms with Crippen LogP contribution < -0.4 is 10.6 Å². The molecule has 1 aliphatic carbocycles. The first-order valence-corrected chi connectivity index (χ1v) is 6.68. The van der Waals surface area contributed by atoms with Crippen molar-refractivity contribution in [2.45, 2.75) is 38.1 Å². The number of rotatable bonds is 1. The van der Waals surface area contributed by atoms with Gasteiger partial charge in [0.15, 0.2) is 5.82 Å². The topological polar surface area (TPSA) is 55.0 Å². The number of anilines is 2. The van der Waals surface area contributed by atoms with E-state index in [0.717, 1.165) is 18.3 Å². The minimum atomic E-state index is 0.386. The van der Waals surface area contributed by atoms with Gasteiger partial charge in [0.2, 0.25) is 0 Å². The van der Waals surface area contributed by atoms with Crippen molar-refractivity contribution in [3.05, 3.63) is 11.3 Å². The first-order chi connectivity index (χ1) is 8.27. The molecule has 0 aromatic carbocycles. The highest BCUT2D eigenvalue weighted by Gasteiger charge is 2.36. The molecule has 2 heterocycles. The number of halogens is 1. The molecule has 4 nitrogen and oxygen atoms in total. The van der Waals surface area contributed by atoms with Crippen LogP contribution in [-0.4, -0.2) is 22.6 Å². The van der Waals surface area contributed by atoms with E-state index in [1.54, 1.807) is 0 Å². The summed E-state index contributed by atoms with van der Waals surface area (Å²) in [5.41, 5.74) is 5.75. The minimum Gasteiger partial charge on any atom is -0.382 e. The zero-order valence-electron chi connectivity index (χ0n) is 9.77. The summed E-state index contributed by atoms with van der Waals surface area (Å²) in [4.78, 5) is 10.6. The summed E-state index contributed by atoms with van der Waals surface area (Å²) < 4.78 is 0. The van der Waals surface area contributed by atoms with Gasteiger partial charge in [-0.2, -0.15) is 0 Å². The van der Waals surface area contributed by atoms with E-state index in [0.29, 0.717) is 16.9 Å². The molecule has 0 spiro atoms. The Bertz CT molecular complexity index is 423. The van der Waals surface area contributed by atoms with Gasteiger partial charge < -0.3 is 10.6 Å². The van der Waals surface area contributed by atoms with Crippen LogP contribution in [0.2, 0.25) is 5.02 Å². The molecule has 2 atom stereocenters. The van der Waals surface area contributed by atoms with Crippen molar-refractivity contribution >= 4 is 23.2 Å². The Morgan fingerprint density at radius 2 is 2.06 bits per heavy atom. The van der Waals surface area contributed by atoms with Crippen LogP contribution in [0.5, 0.6) is 0 Å². The summed E-state index contributed by atoms with van der Waals surface area (Å²) in [5, 5.41) is 0.514. The molecule has 1 aliphatic heterocycles. The lowest BCUT2D eigenvalue weighted by molar-refractivity contribution is 0.360. The predicted molar refractivity (Wildman–Crippen MR) is 69.2 cm³/mol. The highest BCUT2D eigenvalue weighted by atomic mass is 35.5. The second-order valence-corrected chi connectivity index (χ2v) is 5.37. The standard InChI is InChI=1S/C12H17ClN4/c13-10-11(14)15-7-16-12(10)17-6-2-4-8-3-1-5-9(8)17/h7-9H,1-6H2,(H2,14,15,16). The number of piperidine rings is 1. The van der Waals surface area contributed by atoms with E-state index >= 15 is 0 Å². The van der Waals surface area contributed by atoms with Crippen LogP contribution in [0.4, 0.5) is 11.6 Å². The van der Waals surface area contributed by atoms with Crippen LogP contribution in [0.25, 0.3) is 0 Å². The van der Waals surface area contributed by atoms with Gasteiger partial charge in [-0.1, -0.05) is 18.0 Å². The normalized spacial score (nSPS) is 28.2. The third-order valence-electron chi connectivity index (χ3n) is 4.06. The van der Waals surface area contributed by atoms with Crippen molar-refractivity contribution in [2.24, 2.45) is 5.92 Å². The summed E-state index contributed by atoms with van der Waals surface area (Å²) in [6.45, 7) is 1.04. The molecular weight excluding hydrogens is 236 g/mol. The van der Waals surface area contributed by atoms with Gasteiger partial charge in [-0.25, -0.2) is 9.97 Å². The summed E-state index contributed by atoms with van der Waals surface area (Å²) in [6, 6.07) is 0.607. The number of hydrogen-bond acceptors (Lipinski definition) is 4. The van der Waals surface area contributed by atoms with Crippen molar-refractivity contribution in [2.75, 3.05) is 17.2 Å². The van der Waals surface area contributed by atoms with Crippen LogP contribution in [0.1, 0.15) is 32.1 Å². The van der Waals surface area contributed by atoms with Crippen molar-refractivity contribution in [3.63, 3.8) is 0 Å². The van der Waals surface area contributed by atoms with Gasteiger partial charge in [-0.15, -0.1) is 0 Å². The molecule has 5 heteroatoms. The monoisotopic (exact) mass is 252 g/mol. The Balaban J connectivity index is 1.94. The molecule has 1 saturated carbocycles. The van der Waals surface area contributed by atoms with Gasteiger partial charge >= 0.3 is 0 Å².